The molecular formula is C22H16BrN3O3S. The van der Waals surface area contributed by atoms with Gasteiger partial charge in [-0.25, -0.2) is 0 Å². The van der Waals surface area contributed by atoms with Crippen LogP contribution < -0.4 is 0 Å². The number of rotatable bonds is 5. The van der Waals surface area contributed by atoms with Gasteiger partial charge in [0.1, 0.15) is 11.5 Å². The molecule has 1 aliphatic heterocycles. The van der Waals surface area contributed by atoms with E-state index in [1.165, 1.54) is 22.9 Å². The molecule has 0 bridgehead atoms. The molecule has 0 unspecified atom stereocenters. The lowest BCUT2D eigenvalue weighted by atomic mass is 10.2. The maximum Gasteiger partial charge on any atom is 0.267 e. The quantitative estimate of drug-likeness (QED) is 0.306. The number of phenolic OH excluding ortho intramolecular Hbond substituents is 1. The molecule has 1 aromatic heterocycles. The van der Waals surface area contributed by atoms with E-state index in [0.29, 0.717) is 21.4 Å². The van der Waals surface area contributed by atoms with Gasteiger partial charge >= 0.3 is 0 Å². The molecule has 150 valence electrons. The molecule has 30 heavy (non-hydrogen) atoms. The number of aromatic hydroxyl groups is 1. The number of benzene rings is 2. The Morgan fingerprint density at radius 2 is 1.97 bits per heavy atom. The molecule has 2 aromatic carbocycles. The zero-order chi connectivity index (χ0) is 20.9. The van der Waals surface area contributed by atoms with Crippen LogP contribution >= 0.6 is 27.7 Å². The lowest BCUT2D eigenvalue weighted by Gasteiger charge is -2.12. The number of phenols is 1. The minimum absolute atomic E-state index is 0.0920. The van der Waals surface area contributed by atoms with Crippen LogP contribution in [0.25, 0.3) is 6.08 Å². The fraction of sp³-hybridized carbons (Fsp3) is 0.0455. The second-order valence-corrected chi connectivity index (χ2v) is 8.25. The van der Waals surface area contributed by atoms with Crippen molar-refractivity contribution in [3.63, 3.8) is 0 Å². The molecule has 4 rings (SSSR count). The van der Waals surface area contributed by atoms with E-state index in [-0.39, 0.29) is 18.2 Å². The summed E-state index contributed by atoms with van der Waals surface area (Å²) in [6.07, 6.45) is 4.84. The number of hydrogen-bond donors (Lipinski definition) is 1. The number of amidine groups is 1. The monoisotopic (exact) mass is 481 g/mol. The first-order chi connectivity index (χ1) is 14.6. The molecule has 0 radical (unpaired) electrons. The van der Waals surface area contributed by atoms with Crippen LogP contribution in [-0.4, -0.2) is 27.3 Å². The molecule has 0 aliphatic carbocycles. The van der Waals surface area contributed by atoms with Crippen molar-refractivity contribution in [3.8, 4) is 5.75 Å². The van der Waals surface area contributed by atoms with Crippen molar-refractivity contribution < 1.29 is 14.3 Å². The number of hydrogen-bond acceptors (Lipinski definition) is 6. The van der Waals surface area contributed by atoms with Crippen molar-refractivity contribution in [2.45, 2.75) is 6.54 Å². The number of nitrogens with zero attached hydrogens (tertiary/aromatic N) is 3. The van der Waals surface area contributed by atoms with Crippen LogP contribution in [0.3, 0.4) is 0 Å². The zero-order valence-corrected chi connectivity index (χ0v) is 18.0. The van der Waals surface area contributed by atoms with E-state index in [1.807, 2.05) is 36.4 Å². The fourth-order valence-electron chi connectivity index (χ4n) is 2.75. The Morgan fingerprint density at radius 1 is 1.13 bits per heavy atom. The van der Waals surface area contributed by atoms with Crippen molar-refractivity contribution in [2.75, 3.05) is 0 Å². The van der Waals surface area contributed by atoms with Gasteiger partial charge in [0, 0.05) is 10.0 Å². The molecule has 3 aromatic rings. The molecule has 6 nitrogen and oxygen atoms in total. The summed E-state index contributed by atoms with van der Waals surface area (Å²) in [7, 11) is 0. The Hall–Kier alpha value is -3.10. The highest BCUT2D eigenvalue weighted by Gasteiger charge is 2.34. The van der Waals surface area contributed by atoms with Crippen LogP contribution in [0.4, 0.5) is 0 Å². The fourth-order valence-corrected chi connectivity index (χ4v) is 4.06. The van der Waals surface area contributed by atoms with Gasteiger partial charge in [0.25, 0.3) is 5.91 Å². The summed E-state index contributed by atoms with van der Waals surface area (Å²) in [5, 5.41) is 18.7. The van der Waals surface area contributed by atoms with Crippen molar-refractivity contribution in [1.29, 1.82) is 0 Å². The molecule has 0 saturated carbocycles. The lowest BCUT2D eigenvalue weighted by Crippen LogP contribution is -2.28. The SMILES string of the molecule is O=C1/C(=C/c2ccccc2)S/C(=N\N=C\c2cc(Br)ccc2O)N1Cc1ccco1. The van der Waals surface area contributed by atoms with Crippen molar-refractivity contribution in [3.05, 3.63) is 93.2 Å². The number of halogens is 1. The van der Waals surface area contributed by atoms with E-state index in [1.54, 1.807) is 36.6 Å². The molecule has 0 spiro atoms. The predicted octanol–water partition coefficient (Wildman–Crippen LogP) is 5.25. The third-order valence-corrected chi connectivity index (χ3v) is 5.70. The van der Waals surface area contributed by atoms with Gasteiger partial charge in [-0.15, -0.1) is 5.10 Å². The Bertz CT molecular complexity index is 1140. The standard InChI is InChI=1S/C22H16BrN3O3S/c23-17-8-9-19(27)16(12-17)13-24-25-22-26(14-18-7-4-10-29-18)21(28)20(30-22)11-15-5-2-1-3-6-15/h1-13,27H,14H2/b20-11-,24-13+,25-22-. The average molecular weight is 482 g/mol. The van der Waals surface area contributed by atoms with Crippen LogP contribution in [0.5, 0.6) is 5.75 Å². The predicted molar refractivity (Wildman–Crippen MR) is 122 cm³/mol. The van der Waals surface area contributed by atoms with Gasteiger partial charge in [0.05, 0.1) is 23.9 Å². The van der Waals surface area contributed by atoms with Crippen LogP contribution in [0, 0.1) is 0 Å². The topological polar surface area (TPSA) is 78.4 Å². The first-order valence-corrected chi connectivity index (χ1v) is 10.6. The van der Waals surface area contributed by atoms with Crippen molar-refractivity contribution >= 4 is 51.1 Å². The third kappa shape index (κ3) is 4.72. The number of furan rings is 1. The number of carbonyl (C=O) groups excluding carboxylic acids is 1. The summed E-state index contributed by atoms with van der Waals surface area (Å²) < 4.78 is 6.21. The lowest BCUT2D eigenvalue weighted by molar-refractivity contribution is -0.122. The van der Waals surface area contributed by atoms with Crippen molar-refractivity contribution in [2.24, 2.45) is 10.2 Å². The van der Waals surface area contributed by atoms with Crippen LogP contribution in [-0.2, 0) is 11.3 Å². The summed E-state index contributed by atoms with van der Waals surface area (Å²) in [5.74, 6) is 0.570. The second kappa shape index (κ2) is 9.15. The highest BCUT2D eigenvalue weighted by atomic mass is 79.9. The Labute approximate surface area is 185 Å². The summed E-state index contributed by atoms with van der Waals surface area (Å²) in [6, 6.07) is 18.2. The molecule has 1 amide bonds. The van der Waals surface area contributed by atoms with E-state index >= 15 is 0 Å². The Kier molecular flexibility index (Phi) is 6.15. The Morgan fingerprint density at radius 3 is 2.73 bits per heavy atom. The molecule has 1 aliphatic rings. The minimum Gasteiger partial charge on any atom is -0.507 e. The number of amides is 1. The van der Waals surface area contributed by atoms with E-state index in [9.17, 15) is 9.90 Å². The van der Waals surface area contributed by atoms with Gasteiger partial charge in [-0.05, 0) is 53.7 Å². The van der Waals surface area contributed by atoms with E-state index < -0.39 is 0 Å². The first-order valence-electron chi connectivity index (χ1n) is 8.98. The normalized spacial score (nSPS) is 17.0. The summed E-state index contributed by atoms with van der Waals surface area (Å²) >= 11 is 4.61. The van der Waals surface area contributed by atoms with Crippen LogP contribution in [0.2, 0.25) is 0 Å². The zero-order valence-electron chi connectivity index (χ0n) is 15.6. The van der Waals surface area contributed by atoms with Crippen LogP contribution in [0.15, 0.2) is 90.9 Å². The van der Waals surface area contributed by atoms with E-state index in [0.717, 1.165) is 10.0 Å². The molecule has 0 atom stereocenters. The maximum atomic E-state index is 13.0. The maximum absolute atomic E-state index is 13.0. The van der Waals surface area contributed by atoms with Gasteiger partial charge in [0.15, 0.2) is 5.17 Å². The first kappa shape index (κ1) is 20.2. The van der Waals surface area contributed by atoms with Gasteiger partial charge in [-0.3, -0.25) is 9.69 Å². The third-order valence-electron chi connectivity index (χ3n) is 4.21. The van der Waals surface area contributed by atoms with Crippen LogP contribution in [0.1, 0.15) is 16.9 Å². The smallest absolute Gasteiger partial charge is 0.267 e. The molecule has 8 heteroatoms. The second-order valence-electron chi connectivity index (χ2n) is 6.32. The summed E-state index contributed by atoms with van der Waals surface area (Å²) in [4.78, 5) is 15.1. The molecule has 1 fully saturated rings. The van der Waals surface area contributed by atoms with Gasteiger partial charge < -0.3 is 9.52 Å². The van der Waals surface area contributed by atoms with Crippen molar-refractivity contribution in [1.82, 2.24) is 4.90 Å². The molecule has 1 N–H and O–H groups in total. The van der Waals surface area contributed by atoms with Gasteiger partial charge in [-0.2, -0.15) is 5.10 Å². The molecule has 2 heterocycles. The summed E-state index contributed by atoms with van der Waals surface area (Å²) in [5.41, 5.74) is 1.44. The number of carbonyl (C=O) groups is 1. The molecular weight excluding hydrogens is 466 g/mol. The highest BCUT2D eigenvalue weighted by Crippen LogP contribution is 2.34. The van der Waals surface area contributed by atoms with Gasteiger partial charge in [-0.1, -0.05) is 46.3 Å². The van der Waals surface area contributed by atoms with Gasteiger partial charge in [0.2, 0.25) is 0 Å². The summed E-state index contributed by atoms with van der Waals surface area (Å²) in [6.45, 7) is 0.251. The minimum atomic E-state index is -0.167. The largest absolute Gasteiger partial charge is 0.507 e. The number of thioether (sulfide) groups is 1. The Balaban J connectivity index is 1.63. The van der Waals surface area contributed by atoms with E-state index in [2.05, 4.69) is 26.1 Å². The molecule has 1 saturated heterocycles. The van der Waals surface area contributed by atoms with E-state index in [4.69, 9.17) is 4.42 Å². The average Bonchev–Trinajstić information content (AvgIpc) is 3.36. The highest BCUT2D eigenvalue weighted by molar-refractivity contribution is 9.10.